The number of aryl methyl sites for hydroxylation is 2. The summed E-state index contributed by atoms with van der Waals surface area (Å²) in [6.07, 6.45) is 0. The highest BCUT2D eigenvalue weighted by Gasteiger charge is 2.34. The third-order valence-corrected chi connectivity index (χ3v) is 4.36. The van der Waals surface area contributed by atoms with Crippen LogP contribution in [0.1, 0.15) is 11.1 Å². The Bertz CT molecular complexity index is 578. The third-order valence-electron chi connectivity index (χ3n) is 2.60. The summed E-state index contributed by atoms with van der Waals surface area (Å²) in [5.74, 6) is 0. The molecule has 0 radical (unpaired) electrons. The average molecular weight is 240 g/mol. The van der Waals surface area contributed by atoms with Gasteiger partial charge < -0.3 is 5.32 Å². The van der Waals surface area contributed by atoms with E-state index in [1.54, 1.807) is 13.0 Å². The van der Waals surface area contributed by atoms with E-state index in [0.29, 0.717) is 9.99 Å². The van der Waals surface area contributed by atoms with Crippen molar-refractivity contribution in [2.24, 2.45) is 0 Å². The predicted molar refractivity (Wildman–Crippen MR) is 59.9 cm³/mol. The zero-order chi connectivity index (χ0) is 12.1. The molecule has 0 aliphatic carbocycles. The van der Waals surface area contributed by atoms with E-state index in [2.05, 4.69) is 5.32 Å². The molecule has 0 unspecified atom stereocenters. The number of nitrogens with one attached hydrogen (secondary N) is 1. The fourth-order valence-corrected chi connectivity index (χ4v) is 3.10. The molecule has 2 amide bonds. The topological polar surface area (TPSA) is 66.5 Å². The summed E-state index contributed by atoms with van der Waals surface area (Å²) in [7, 11) is -2.45. The first-order valence-electron chi connectivity index (χ1n) is 4.75. The first kappa shape index (κ1) is 10.9. The number of amides is 2. The molecule has 86 valence electrons. The standard InChI is InChI=1S/C10H12N2O3S/c1-6-4-7(2)9-8(5-6)16(14,15)12(3)10(13)11-9/h4-5H,1-3H3,(H,11,13). The van der Waals surface area contributed by atoms with Gasteiger partial charge in [-0.3, -0.25) is 0 Å². The second-order valence-corrected chi connectivity index (χ2v) is 5.80. The van der Waals surface area contributed by atoms with E-state index < -0.39 is 16.1 Å². The van der Waals surface area contributed by atoms with Crippen molar-refractivity contribution < 1.29 is 13.2 Å². The number of urea groups is 1. The number of carbonyl (C=O) groups is 1. The monoisotopic (exact) mass is 240 g/mol. The van der Waals surface area contributed by atoms with Crippen molar-refractivity contribution in [3.8, 4) is 0 Å². The zero-order valence-corrected chi connectivity index (χ0v) is 10.1. The number of carbonyl (C=O) groups excluding carboxylic acids is 1. The molecule has 1 N–H and O–H groups in total. The van der Waals surface area contributed by atoms with Crippen molar-refractivity contribution in [3.05, 3.63) is 23.3 Å². The molecule has 1 aromatic carbocycles. The van der Waals surface area contributed by atoms with Gasteiger partial charge >= 0.3 is 6.03 Å². The number of benzene rings is 1. The molecule has 2 rings (SSSR count). The maximum atomic E-state index is 12.0. The van der Waals surface area contributed by atoms with E-state index in [-0.39, 0.29) is 4.90 Å². The Morgan fingerprint density at radius 2 is 1.88 bits per heavy atom. The summed E-state index contributed by atoms with van der Waals surface area (Å²) in [5.41, 5.74) is 1.98. The van der Waals surface area contributed by atoms with E-state index in [1.165, 1.54) is 7.05 Å². The molecule has 0 bridgehead atoms. The summed E-state index contributed by atoms with van der Waals surface area (Å²) in [4.78, 5) is 11.6. The van der Waals surface area contributed by atoms with Gasteiger partial charge in [0.25, 0.3) is 10.0 Å². The molecule has 6 heteroatoms. The number of fused-ring (bicyclic) bond motifs is 1. The van der Waals surface area contributed by atoms with Crippen LogP contribution in [0.4, 0.5) is 10.5 Å². The number of hydrogen-bond donors (Lipinski definition) is 1. The summed E-state index contributed by atoms with van der Waals surface area (Å²) >= 11 is 0. The maximum Gasteiger partial charge on any atom is 0.335 e. The van der Waals surface area contributed by atoms with E-state index in [1.807, 2.05) is 13.0 Å². The summed E-state index contributed by atoms with van der Waals surface area (Å²) in [6, 6.07) is 2.77. The molecule has 1 aliphatic rings. The molecule has 16 heavy (non-hydrogen) atoms. The Morgan fingerprint density at radius 3 is 2.50 bits per heavy atom. The van der Waals surface area contributed by atoms with Crippen LogP contribution in [0, 0.1) is 13.8 Å². The van der Waals surface area contributed by atoms with Crippen LogP contribution in [0.15, 0.2) is 17.0 Å². The van der Waals surface area contributed by atoms with Crippen LogP contribution in [-0.2, 0) is 10.0 Å². The van der Waals surface area contributed by atoms with E-state index in [9.17, 15) is 13.2 Å². The van der Waals surface area contributed by atoms with Gasteiger partial charge in [0.2, 0.25) is 0 Å². The van der Waals surface area contributed by atoms with Gasteiger partial charge in [0, 0.05) is 7.05 Å². The molecule has 1 aliphatic heterocycles. The summed E-state index contributed by atoms with van der Waals surface area (Å²) in [6.45, 7) is 3.59. The summed E-state index contributed by atoms with van der Waals surface area (Å²) in [5, 5.41) is 2.57. The lowest BCUT2D eigenvalue weighted by atomic mass is 10.1. The molecule has 0 saturated heterocycles. The number of rotatable bonds is 0. The van der Waals surface area contributed by atoms with Gasteiger partial charge in [-0.05, 0) is 31.0 Å². The van der Waals surface area contributed by atoms with Crippen molar-refractivity contribution in [2.75, 3.05) is 12.4 Å². The van der Waals surface area contributed by atoms with Gasteiger partial charge in [0.15, 0.2) is 0 Å². The zero-order valence-electron chi connectivity index (χ0n) is 9.23. The van der Waals surface area contributed by atoms with Gasteiger partial charge in [0.1, 0.15) is 4.90 Å². The SMILES string of the molecule is Cc1cc(C)c2c(c1)S(=O)(=O)N(C)C(=O)N2. The van der Waals surface area contributed by atoms with Gasteiger partial charge in [-0.15, -0.1) is 0 Å². The van der Waals surface area contributed by atoms with E-state index >= 15 is 0 Å². The summed E-state index contributed by atoms with van der Waals surface area (Å²) < 4.78 is 24.7. The normalized spacial score (nSPS) is 17.9. The van der Waals surface area contributed by atoms with Crippen molar-refractivity contribution in [1.29, 1.82) is 0 Å². The molecule has 0 saturated carbocycles. The highest BCUT2D eigenvalue weighted by Crippen LogP contribution is 2.32. The Hall–Kier alpha value is -1.56. The second kappa shape index (κ2) is 3.21. The third kappa shape index (κ3) is 1.37. The van der Waals surface area contributed by atoms with Crippen molar-refractivity contribution in [2.45, 2.75) is 18.7 Å². The molecule has 1 heterocycles. The molecular formula is C10H12N2O3S. The van der Waals surface area contributed by atoms with E-state index in [4.69, 9.17) is 0 Å². The molecule has 0 fully saturated rings. The Balaban J connectivity index is 2.81. The molecule has 5 nitrogen and oxygen atoms in total. The van der Waals surface area contributed by atoms with Gasteiger partial charge in [-0.2, -0.15) is 0 Å². The van der Waals surface area contributed by atoms with Crippen LogP contribution < -0.4 is 5.32 Å². The first-order chi connectivity index (χ1) is 7.34. The lowest BCUT2D eigenvalue weighted by Crippen LogP contribution is -2.41. The highest BCUT2D eigenvalue weighted by atomic mass is 32.2. The fourth-order valence-electron chi connectivity index (χ4n) is 1.73. The highest BCUT2D eigenvalue weighted by molar-refractivity contribution is 7.90. The number of sulfonamides is 1. The second-order valence-electron chi connectivity index (χ2n) is 3.86. The quantitative estimate of drug-likeness (QED) is 0.746. The molecule has 0 atom stereocenters. The minimum atomic E-state index is -3.69. The molecule has 0 spiro atoms. The molecular weight excluding hydrogens is 228 g/mol. The van der Waals surface area contributed by atoms with Crippen LogP contribution >= 0.6 is 0 Å². The lowest BCUT2D eigenvalue weighted by Gasteiger charge is -2.27. The van der Waals surface area contributed by atoms with Crippen molar-refractivity contribution >= 4 is 21.7 Å². The van der Waals surface area contributed by atoms with Crippen molar-refractivity contribution in [3.63, 3.8) is 0 Å². The largest absolute Gasteiger partial charge is 0.335 e. The average Bonchev–Trinajstić information content (AvgIpc) is 2.18. The van der Waals surface area contributed by atoms with Crippen molar-refractivity contribution in [1.82, 2.24) is 4.31 Å². The molecule has 1 aromatic rings. The first-order valence-corrected chi connectivity index (χ1v) is 6.19. The van der Waals surface area contributed by atoms with Crippen LogP contribution in [0.5, 0.6) is 0 Å². The predicted octanol–water partition coefficient (Wildman–Crippen LogP) is 1.47. The lowest BCUT2D eigenvalue weighted by molar-refractivity contribution is 0.240. The van der Waals surface area contributed by atoms with Gasteiger partial charge in [-0.25, -0.2) is 17.5 Å². The van der Waals surface area contributed by atoms with Crippen LogP contribution in [0.2, 0.25) is 0 Å². The van der Waals surface area contributed by atoms with E-state index in [0.717, 1.165) is 11.1 Å². The minimum Gasteiger partial charge on any atom is -0.305 e. The Labute approximate surface area is 94.1 Å². The van der Waals surface area contributed by atoms with Crippen LogP contribution in [0.3, 0.4) is 0 Å². The number of anilines is 1. The van der Waals surface area contributed by atoms with Gasteiger partial charge in [-0.1, -0.05) is 6.07 Å². The Morgan fingerprint density at radius 1 is 1.25 bits per heavy atom. The number of hydrogen-bond acceptors (Lipinski definition) is 3. The van der Waals surface area contributed by atoms with Crippen LogP contribution in [0.25, 0.3) is 0 Å². The number of nitrogens with zero attached hydrogens (tertiary/aromatic N) is 1. The Kier molecular flexibility index (Phi) is 2.20. The minimum absolute atomic E-state index is 0.159. The van der Waals surface area contributed by atoms with Gasteiger partial charge in [0.05, 0.1) is 5.69 Å². The van der Waals surface area contributed by atoms with Crippen LogP contribution in [-0.4, -0.2) is 25.8 Å². The molecule has 0 aromatic heterocycles. The fraction of sp³-hybridized carbons (Fsp3) is 0.300. The maximum absolute atomic E-state index is 12.0. The smallest absolute Gasteiger partial charge is 0.305 e.